The lowest BCUT2D eigenvalue weighted by molar-refractivity contribution is 1.24. The minimum Gasteiger partial charge on any atom is -0.255 e. The Balaban J connectivity index is 1.28. The minimum absolute atomic E-state index is 0.825. The maximum Gasteiger partial charge on any atom is 0.152 e. The summed E-state index contributed by atoms with van der Waals surface area (Å²) in [4.78, 5) is 28.3. The quantitative estimate of drug-likeness (QED) is 0.282. The van der Waals surface area contributed by atoms with E-state index < -0.39 is 0 Å². The summed E-state index contributed by atoms with van der Waals surface area (Å²) in [6.07, 6.45) is 9.04. The van der Waals surface area contributed by atoms with E-state index in [1.54, 1.807) is 41.3 Å². The van der Waals surface area contributed by atoms with Gasteiger partial charge in [0.25, 0.3) is 0 Å². The summed E-state index contributed by atoms with van der Waals surface area (Å²) in [5.74, 6) is 0. The van der Waals surface area contributed by atoms with E-state index >= 15 is 0 Å². The second kappa shape index (κ2) is 9.01. The van der Waals surface area contributed by atoms with Gasteiger partial charge in [0.15, 0.2) is 10.0 Å². The molecule has 0 fully saturated rings. The van der Waals surface area contributed by atoms with Crippen LogP contribution in [0, 0.1) is 0 Å². The molecule has 0 N–H and O–H groups in total. The second-order valence-electron chi connectivity index (χ2n) is 7.36. The molecule has 162 valence electrons. The summed E-state index contributed by atoms with van der Waals surface area (Å²) in [6, 6.07) is 19.6. The number of thiazole rings is 2. The number of nitrogens with zero attached hydrogens (tertiary/aromatic N) is 6. The number of rotatable bonds is 5. The molecule has 6 aromatic heterocycles. The van der Waals surface area contributed by atoms with E-state index in [2.05, 4.69) is 30.3 Å². The highest BCUT2D eigenvalue weighted by atomic mass is 32.1. The van der Waals surface area contributed by atoms with E-state index in [1.165, 1.54) is 0 Å². The van der Waals surface area contributed by atoms with Gasteiger partial charge in [0.2, 0.25) is 0 Å². The first kappa shape index (κ1) is 20.5. The van der Waals surface area contributed by atoms with Gasteiger partial charge in [-0.05, 0) is 54.1 Å². The van der Waals surface area contributed by atoms with Crippen molar-refractivity contribution >= 4 is 22.7 Å². The van der Waals surface area contributed by atoms with Crippen molar-refractivity contribution in [3.8, 4) is 54.5 Å². The number of pyridine rings is 4. The van der Waals surface area contributed by atoms with Crippen molar-refractivity contribution in [2.45, 2.75) is 0 Å². The molecule has 34 heavy (non-hydrogen) atoms. The predicted octanol–water partition coefficient (Wildman–Crippen LogP) is 6.51. The van der Waals surface area contributed by atoms with Crippen LogP contribution >= 0.6 is 22.7 Å². The summed E-state index contributed by atoms with van der Waals surface area (Å²) >= 11 is 3.20. The van der Waals surface area contributed by atoms with Crippen LogP contribution in [-0.2, 0) is 0 Å². The van der Waals surface area contributed by atoms with Crippen molar-refractivity contribution in [2.75, 3.05) is 0 Å². The second-order valence-corrected chi connectivity index (χ2v) is 9.25. The van der Waals surface area contributed by atoms with Gasteiger partial charge in [-0.15, -0.1) is 22.7 Å². The lowest BCUT2D eigenvalue weighted by Gasteiger charge is -2.02. The van der Waals surface area contributed by atoms with Crippen molar-refractivity contribution in [2.24, 2.45) is 0 Å². The summed E-state index contributed by atoms with van der Waals surface area (Å²) in [7, 11) is 0. The first-order chi connectivity index (χ1) is 16.8. The molecular weight excluding hydrogens is 460 g/mol. The first-order valence-electron chi connectivity index (χ1n) is 10.5. The molecule has 0 radical (unpaired) electrons. The topological polar surface area (TPSA) is 77.3 Å². The lowest BCUT2D eigenvalue weighted by atomic mass is 10.1. The molecule has 6 nitrogen and oxygen atoms in total. The van der Waals surface area contributed by atoms with Crippen LogP contribution < -0.4 is 0 Å². The Bertz CT molecular complexity index is 1440. The van der Waals surface area contributed by atoms with Crippen LogP contribution in [-0.4, -0.2) is 29.9 Å². The van der Waals surface area contributed by atoms with Crippen LogP contribution in [0.25, 0.3) is 54.5 Å². The Morgan fingerprint density at radius 3 is 1.85 bits per heavy atom. The third kappa shape index (κ3) is 4.12. The van der Waals surface area contributed by atoms with Gasteiger partial charge in [-0.3, -0.25) is 19.9 Å². The fraction of sp³-hybridized carbons (Fsp3) is 0. The maximum atomic E-state index is 4.85. The zero-order chi connectivity index (χ0) is 22.7. The Morgan fingerprint density at radius 2 is 1.18 bits per heavy atom. The average Bonchev–Trinajstić information content (AvgIpc) is 3.60. The normalized spacial score (nSPS) is 10.9. The Kier molecular flexibility index (Phi) is 5.42. The molecule has 6 heterocycles. The molecule has 0 aliphatic rings. The van der Waals surface area contributed by atoms with Crippen molar-refractivity contribution in [3.05, 3.63) is 97.0 Å². The van der Waals surface area contributed by atoms with Crippen molar-refractivity contribution in [3.63, 3.8) is 0 Å². The zero-order valence-corrected chi connectivity index (χ0v) is 19.4. The Labute approximate surface area is 203 Å². The van der Waals surface area contributed by atoms with Crippen LogP contribution in [0.2, 0.25) is 0 Å². The molecule has 0 bridgehead atoms. The van der Waals surface area contributed by atoms with Gasteiger partial charge in [-0.2, -0.15) is 0 Å². The standard InChI is InChI=1S/C26H16N6S2/c1-3-9-27-19(5-1)21-13-17(7-11-29-21)23-16-33-26(32-23)25-31-15-24(34-25)18-8-12-30-22(14-18)20-6-2-4-10-28-20/h1-16H. The highest BCUT2D eigenvalue weighted by Crippen LogP contribution is 2.36. The van der Waals surface area contributed by atoms with Crippen LogP contribution in [0.4, 0.5) is 0 Å². The number of hydrogen-bond acceptors (Lipinski definition) is 8. The molecular formula is C26H16N6S2. The lowest BCUT2D eigenvalue weighted by Crippen LogP contribution is -1.87. The summed E-state index contributed by atoms with van der Waals surface area (Å²) < 4.78 is 0. The molecule has 0 saturated heterocycles. The van der Waals surface area contributed by atoms with Gasteiger partial charge in [0, 0.05) is 41.9 Å². The largest absolute Gasteiger partial charge is 0.255 e. The van der Waals surface area contributed by atoms with Gasteiger partial charge in [0.1, 0.15) is 0 Å². The fourth-order valence-electron chi connectivity index (χ4n) is 3.49. The summed E-state index contributed by atoms with van der Waals surface area (Å²) in [5, 5.41) is 3.84. The molecule has 0 aliphatic heterocycles. The summed E-state index contributed by atoms with van der Waals surface area (Å²) in [6.45, 7) is 0. The molecule has 6 rings (SSSR count). The molecule has 0 unspecified atom stereocenters. The Morgan fingerprint density at radius 1 is 0.529 bits per heavy atom. The summed E-state index contributed by atoms with van der Waals surface area (Å²) in [5.41, 5.74) is 6.32. The predicted molar refractivity (Wildman–Crippen MR) is 136 cm³/mol. The van der Waals surface area contributed by atoms with Crippen LogP contribution in [0.1, 0.15) is 0 Å². The molecule has 0 spiro atoms. The molecule has 8 heteroatoms. The molecule has 6 aromatic rings. The smallest absolute Gasteiger partial charge is 0.152 e. The number of hydrogen-bond donors (Lipinski definition) is 0. The average molecular weight is 477 g/mol. The van der Waals surface area contributed by atoms with E-state index in [4.69, 9.17) is 4.98 Å². The molecule has 0 amide bonds. The molecule has 0 aliphatic carbocycles. The van der Waals surface area contributed by atoms with E-state index in [0.29, 0.717) is 0 Å². The van der Waals surface area contributed by atoms with Crippen LogP contribution in [0.5, 0.6) is 0 Å². The van der Waals surface area contributed by atoms with Crippen molar-refractivity contribution in [1.82, 2.24) is 29.9 Å². The minimum atomic E-state index is 0.825. The highest BCUT2D eigenvalue weighted by molar-refractivity contribution is 7.22. The van der Waals surface area contributed by atoms with Crippen LogP contribution in [0.3, 0.4) is 0 Å². The van der Waals surface area contributed by atoms with E-state index in [9.17, 15) is 0 Å². The highest BCUT2D eigenvalue weighted by Gasteiger charge is 2.13. The van der Waals surface area contributed by atoms with E-state index in [-0.39, 0.29) is 0 Å². The van der Waals surface area contributed by atoms with Crippen molar-refractivity contribution < 1.29 is 0 Å². The van der Waals surface area contributed by atoms with Gasteiger partial charge < -0.3 is 0 Å². The molecule has 0 atom stereocenters. The molecule has 0 aromatic carbocycles. The van der Waals surface area contributed by atoms with Gasteiger partial charge in [0.05, 0.1) is 33.3 Å². The van der Waals surface area contributed by atoms with E-state index in [1.807, 2.05) is 73.1 Å². The zero-order valence-electron chi connectivity index (χ0n) is 17.7. The monoisotopic (exact) mass is 476 g/mol. The maximum absolute atomic E-state index is 4.85. The van der Waals surface area contributed by atoms with Gasteiger partial charge >= 0.3 is 0 Å². The third-order valence-electron chi connectivity index (χ3n) is 5.15. The molecule has 0 saturated carbocycles. The van der Waals surface area contributed by atoms with Crippen molar-refractivity contribution in [1.29, 1.82) is 0 Å². The fourth-order valence-corrected chi connectivity index (χ4v) is 5.28. The Hall–Kier alpha value is -4.14. The van der Waals surface area contributed by atoms with Crippen LogP contribution in [0.15, 0.2) is 97.0 Å². The first-order valence-corrected chi connectivity index (χ1v) is 12.2. The van der Waals surface area contributed by atoms with E-state index in [0.717, 1.165) is 54.5 Å². The number of aromatic nitrogens is 6. The van der Waals surface area contributed by atoms with Gasteiger partial charge in [-0.25, -0.2) is 9.97 Å². The third-order valence-corrected chi connectivity index (χ3v) is 7.18. The van der Waals surface area contributed by atoms with Gasteiger partial charge in [-0.1, -0.05) is 12.1 Å². The SMILES string of the molecule is c1ccc(-c2cc(-c3csc(-c4ncc(-c5ccnc(-c6ccccn6)c5)s4)n3)ccn2)nc1.